The van der Waals surface area contributed by atoms with Gasteiger partial charge in [0.25, 0.3) is 0 Å². The molecule has 0 bridgehead atoms. The minimum atomic E-state index is -3.39. The summed E-state index contributed by atoms with van der Waals surface area (Å²) in [5, 5.41) is 11.2. The van der Waals surface area contributed by atoms with Gasteiger partial charge in [-0.25, -0.2) is 17.9 Å². The molecule has 8 nitrogen and oxygen atoms in total. The van der Waals surface area contributed by atoms with Crippen LogP contribution in [0.2, 0.25) is 0 Å². The lowest BCUT2D eigenvalue weighted by Gasteiger charge is -2.08. The number of carbonyl (C=O) groups is 1. The van der Waals surface area contributed by atoms with Crippen LogP contribution in [0.25, 0.3) is 0 Å². The number of carbonyl (C=O) groups excluding carboxylic acids is 1. The molecule has 2 aromatic rings. The maximum absolute atomic E-state index is 12.2. The van der Waals surface area contributed by atoms with Gasteiger partial charge in [-0.2, -0.15) is 0 Å². The number of sulfone groups is 1. The zero-order valence-corrected chi connectivity index (χ0v) is 14.0. The van der Waals surface area contributed by atoms with Crippen molar-refractivity contribution in [2.75, 3.05) is 6.26 Å². The summed E-state index contributed by atoms with van der Waals surface area (Å²) in [5.41, 5.74) is 0.845. The van der Waals surface area contributed by atoms with E-state index in [1.54, 1.807) is 17.7 Å². The Kier molecular flexibility index (Phi) is 5.09. The van der Waals surface area contributed by atoms with E-state index in [0.29, 0.717) is 17.9 Å². The lowest BCUT2D eigenvalue weighted by Crippen LogP contribution is -2.12. The summed E-state index contributed by atoms with van der Waals surface area (Å²) >= 11 is 0. The first-order valence-corrected chi connectivity index (χ1v) is 8.95. The van der Waals surface area contributed by atoms with Gasteiger partial charge in [0.05, 0.1) is 10.5 Å². The van der Waals surface area contributed by atoms with Crippen LogP contribution in [-0.2, 0) is 27.7 Å². The highest BCUT2D eigenvalue weighted by molar-refractivity contribution is 7.90. The molecule has 0 N–H and O–H groups in total. The lowest BCUT2D eigenvalue weighted by molar-refractivity contribution is 0.0455. The summed E-state index contributed by atoms with van der Waals surface area (Å²) in [4.78, 5) is 12.3. The molecular formula is C14H18N4O4S. The van der Waals surface area contributed by atoms with E-state index < -0.39 is 15.8 Å². The Balaban J connectivity index is 2.16. The summed E-state index contributed by atoms with van der Waals surface area (Å²) in [6.45, 7) is 4.25. The minimum absolute atomic E-state index is 0.0749. The topological polar surface area (TPSA) is 104 Å². The maximum atomic E-state index is 12.2. The molecule has 0 aliphatic heterocycles. The molecule has 9 heteroatoms. The first-order chi connectivity index (χ1) is 10.8. The maximum Gasteiger partial charge on any atom is 0.338 e. The molecule has 1 aromatic carbocycles. The molecule has 0 unspecified atom stereocenters. The third-order valence-electron chi connectivity index (χ3n) is 3.23. The van der Waals surface area contributed by atoms with Gasteiger partial charge in [-0.3, -0.25) is 0 Å². The quantitative estimate of drug-likeness (QED) is 0.728. The van der Waals surface area contributed by atoms with Crippen LogP contribution in [-0.4, -0.2) is 40.9 Å². The second-order valence-electron chi connectivity index (χ2n) is 5.14. The van der Waals surface area contributed by atoms with E-state index in [4.69, 9.17) is 4.74 Å². The zero-order valence-electron chi connectivity index (χ0n) is 13.2. The highest BCUT2D eigenvalue weighted by atomic mass is 32.2. The normalized spacial score (nSPS) is 11.4. The number of ether oxygens (including phenoxy) is 1. The zero-order chi connectivity index (χ0) is 17.0. The fraction of sp³-hybridized carbons (Fsp3) is 0.429. The van der Waals surface area contributed by atoms with Crippen LogP contribution < -0.4 is 0 Å². The van der Waals surface area contributed by atoms with Crippen molar-refractivity contribution in [1.29, 1.82) is 0 Å². The van der Waals surface area contributed by atoms with Gasteiger partial charge in [0.15, 0.2) is 22.3 Å². The number of benzene rings is 1. The summed E-state index contributed by atoms with van der Waals surface area (Å²) in [5.74, 6) is -0.170. The largest absolute Gasteiger partial charge is 0.454 e. The first-order valence-electron chi connectivity index (χ1n) is 7.05. The monoisotopic (exact) mass is 338 g/mol. The van der Waals surface area contributed by atoms with Crippen LogP contribution in [0, 0.1) is 6.92 Å². The predicted molar refractivity (Wildman–Crippen MR) is 81.5 cm³/mol. The third kappa shape index (κ3) is 4.13. The minimum Gasteiger partial charge on any atom is -0.454 e. The Morgan fingerprint density at radius 1 is 1.35 bits per heavy atom. The summed E-state index contributed by atoms with van der Waals surface area (Å²) in [6, 6.07) is 4.36. The molecule has 23 heavy (non-hydrogen) atoms. The van der Waals surface area contributed by atoms with Crippen LogP contribution in [0.3, 0.4) is 0 Å². The van der Waals surface area contributed by atoms with Crippen LogP contribution in [0.15, 0.2) is 23.1 Å². The van der Waals surface area contributed by atoms with Gasteiger partial charge in [-0.1, -0.05) is 13.0 Å². The first kappa shape index (κ1) is 17.1. The molecule has 0 atom stereocenters. The van der Waals surface area contributed by atoms with E-state index in [-0.39, 0.29) is 17.1 Å². The van der Waals surface area contributed by atoms with Crippen molar-refractivity contribution in [3.8, 4) is 0 Å². The molecule has 0 amide bonds. The number of aryl methyl sites for hydroxylation is 2. The molecule has 0 saturated heterocycles. The molecule has 1 aromatic heterocycles. The second kappa shape index (κ2) is 6.86. The van der Waals surface area contributed by atoms with Gasteiger partial charge in [-0.05, 0) is 41.5 Å². The van der Waals surface area contributed by atoms with Crippen LogP contribution in [0.1, 0.15) is 35.1 Å². The smallest absolute Gasteiger partial charge is 0.338 e. The molecule has 0 aliphatic rings. The van der Waals surface area contributed by atoms with Crippen molar-refractivity contribution in [3.05, 3.63) is 35.2 Å². The van der Waals surface area contributed by atoms with E-state index in [9.17, 15) is 13.2 Å². The van der Waals surface area contributed by atoms with Gasteiger partial charge >= 0.3 is 5.97 Å². The van der Waals surface area contributed by atoms with Crippen molar-refractivity contribution in [1.82, 2.24) is 20.2 Å². The SMILES string of the molecule is CCCn1nnnc1COC(=O)c1cc(S(C)(=O)=O)ccc1C. The molecule has 124 valence electrons. The molecule has 0 fully saturated rings. The Labute approximate surface area is 134 Å². The van der Waals surface area contributed by atoms with Crippen molar-refractivity contribution in [3.63, 3.8) is 0 Å². The van der Waals surface area contributed by atoms with Gasteiger partial charge in [-0.15, -0.1) is 5.10 Å². The molecule has 0 radical (unpaired) electrons. The summed E-state index contributed by atoms with van der Waals surface area (Å²) < 4.78 is 30.0. The standard InChI is InChI=1S/C14H18N4O4S/c1-4-7-18-13(15-16-17-18)9-22-14(19)12-8-11(23(3,20)21)6-5-10(12)2/h5-6,8H,4,7,9H2,1-3H3. The molecule has 0 spiro atoms. The third-order valence-corrected chi connectivity index (χ3v) is 4.34. The van der Waals surface area contributed by atoms with E-state index in [2.05, 4.69) is 15.5 Å². The van der Waals surface area contributed by atoms with Crippen LogP contribution in [0.5, 0.6) is 0 Å². The van der Waals surface area contributed by atoms with E-state index in [1.807, 2.05) is 6.92 Å². The van der Waals surface area contributed by atoms with E-state index in [1.165, 1.54) is 12.1 Å². The summed E-state index contributed by atoms with van der Waals surface area (Å²) in [6.07, 6.45) is 1.94. The molecular weight excluding hydrogens is 320 g/mol. The fourth-order valence-corrected chi connectivity index (χ4v) is 2.62. The van der Waals surface area contributed by atoms with Crippen molar-refractivity contribution < 1.29 is 17.9 Å². The number of aromatic nitrogens is 4. The Hall–Kier alpha value is -2.29. The average molecular weight is 338 g/mol. The van der Waals surface area contributed by atoms with Crippen molar-refractivity contribution in [2.45, 2.75) is 38.3 Å². The van der Waals surface area contributed by atoms with Crippen molar-refractivity contribution >= 4 is 15.8 Å². The Bertz CT molecular complexity index is 814. The van der Waals surface area contributed by atoms with E-state index in [0.717, 1.165) is 12.7 Å². The number of hydrogen-bond donors (Lipinski definition) is 0. The number of esters is 1. The van der Waals surface area contributed by atoms with Gasteiger partial charge < -0.3 is 4.74 Å². The van der Waals surface area contributed by atoms with Gasteiger partial charge in [0.2, 0.25) is 0 Å². The molecule has 1 heterocycles. The number of nitrogens with zero attached hydrogens (tertiary/aromatic N) is 4. The number of rotatable bonds is 6. The molecule has 0 aliphatic carbocycles. The van der Waals surface area contributed by atoms with E-state index >= 15 is 0 Å². The molecule has 0 saturated carbocycles. The van der Waals surface area contributed by atoms with Gasteiger partial charge in [0, 0.05) is 12.8 Å². The van der Waals surface area contributed by atoms with Crippen molar-refractivity contribution in [2.24, 2.45) is 0 Å². The van der Waals surface area contributed by atoms with Crippen LogP contribution >= 0.6 is 0 Å². The highest BCUT2D eigenvalue weighted by Gasteiger charge is 2.17. The molecule has 2 rings (SSSR count). The Morgan fingerprint density at radius 2 is 2.09 bits per heavy atom. The number of tetrazole rings is 1. The highest BCUT2D eigenvalue weighted by Crippen LogP contribution is 2.17. The lowest BCUT2D eigenvalue weighted by atomic mass is 10.1. The second-order valence-corrected chi connectivity index (χ2v) is 7.16. The number of hydrogen-bond acceptors (Lipinski definition) is 7. The summed E-state index contributed by atoms with van der Waals surface area (Å²) in [7, 11) is -3.39. The average Bonchev–Trinajstić information content (AvgIpc) is 2.92. The fourth-order valence-electron chi connectivity index (χ4n) is 1.97. The predicted octanol–water partition coefficient (Wildman–Crippen LogP) is 1.15. The van der Waals surface area contributed by atoms with Gasteiger partial charge in [0.1, 0.15) is 0 Å². The Morgan fingerprint density at radius 3 is 2.74 bits per heavy atom. The van der Waals surface area contributed by atoms with Crippen LogP contribution in [0.4, 0.5) is 0 Å².